The number of nitrogens with one attached hydrogen (secondary N) is 1. The second-order valence-electron chi connectivity index (χ2n) is 2.94. The summed E-state index contributed by atoms with van der Waals surface area (Å²) in [5, 5.41) is 2.66. The minimum absolute atomic E-state index is 0.121. The zero-order valence-electron chi connectivity index (χ0n) is 7.97. The molecule has 1 atom stereocenters. The van der Waals surface area contributed by atoms with E-state index >= 15 is 0 Å². The summed E-state index contributed by atoms with van der Waals surface area (Å²) in [5.74, 6) is 2.46. The molecule has 1 aromatic heterocycles. The molecule has 0 saturated carbocycles. The number of hydrogen-bond acceptors (Lipinski definition) is 2. The van der Waals surface area contributed by atoms with E-state index in [1.807, 2.05) is 0 Å². The minimum Gasteiger partial charge on any atom is -0.357 e. The fourth-order valence-corrected chi connectivity index (χ4v) is 0.936. The van der Waals surface area contributed by atoms with Crippen LogP contribution in [0.25, 0.3) is 0 Å². The molecule has 0 aliphatic carbocycles. The average molecular weight is 214 g/mol. The molecule has 15 heavy (non-hydrogen) atoms. The smallest absolute Gasteiger partial charge is 0.357 e. The lowest BCUT2D eigenvalue weighted by Crippen LogP contribution is -2.15. The number of pyridine rings is 1. The van der Waals surface area contributed by atoms with Crippen molar-refractivity contribution in [1.29, 1.82) is 0 Å². The lowest BCUT2D eigenvalue weighted by Gasteiger charge is -2.10. The van der Waals surface area contributed by atoms with Crippen LogP contribution in [0.3, 0.4) is 0 Å². The van der Waals surface area contributed by atoms with Gasteiger partial charge in [-0.2, -0.15) is 13.2 Å². The maximum Gasteiger partial charge on any atom is 0.433 e. The van der Waals surface area contributed by atoms with Crippen LogP contribution in [0.2, 0.25) is 0 Å². The molecular formula is C10H9F3N2. The predicted molar refractivity (Wildman–Crippen MR) is 51.2 cm³/mol. The van der Waals surface area contributed by atoms with E-state index in [1.165, 1.54) is 12.1 Å². The van der Waals surface area contributed by atoms with Crippen LogP contribution in [0.1, 0.15) is 12.6 Å². The number of anilines is 1. The fourth-order valence-electron chi connectivity index (χ4n) is 0.936. The molecule has 1 aromatic rings. The monoisotopic (exact) mass is 214 g/mol. The SMILES string of the molecule is C#CC(C)Nc1cccc(C(F)(F)F)n1. The Labute approximate surface area is 85.5 Å². The van der Waals surface area contributed by atoms with Crippen molar-refractivity contribution in [2.75, 3.05) is 5.32 Å². The molecule has 1 rings (SSSR count). The Morgan fingerprint density at radius 3 is 2.67 bits per heavy atom. The van der Waals surface area contributed by atoms with Crippen LogP contribution < -0.4 is 5.32 Å². The highest BCUT2D eigenvalue weighted by Crippen LogP contribution is 2.28. The molecule has 0 fully saturated rings. The van der Waals surface area contributed by atoms with Gasteiger partial charge in [0.05, 0.1) is 6.04 Å². The summed E-state index contributed by atoms with van der Waals surface area (Å²) >= 11 is 0. The number of hydrogen-bond donors (Lipinski definition) is 1. The van der Waals surface area contributed by atoms with Gasteiger partial charge in [-0.25, -0.2) is 4.98 Å². The first-order chi connectivity index (χ1) is 6.93. The van der Waals surface area contributed by atoms with Crippen LogP contribution in [0.15, 0.2) is 18.2 Å². The third-order valence-corrected chi connectivity index (χ3v) is 1.65. The topological polar surface area (TPSA) is 24.9 Å². The zero-order valence-corrected chi connectivity index (χ0v) is 7.97. The number of alkyl halides is 3. The van der Waals surface area contributed by atoms with E-state index in [1.54, 1.807) is 6.92 Å². The van der Waals surface area contributed by atoms with Crippen LogP contribution in [0.5, 0.6) is 0 Å². The largest absolute Gasteiger partial charge is 0.433 e. The van der Waals surface area contributed by atoms with E-state index in [2.05, 4.69) is 16.2 Å². The Bertz CT molecular complexity index is 379. The third kappa shape index (κ3) is 3.17. The van der Waals surface area contributed by atoms with Gasteiger partial charge in [0, 0.05) is 0 Å². The molecule has 1 heterocycles. The Kier molecular flexibility index (Phi) is 3.20. The molecule has 0 radical (unpaired) electrons. The molecule has 0 amide bonds. The van der Waals surface area contributed by atoms with E-state index in [4.69, 9.17) is 6.42 Å². The molecule has 80 valence electrons. The molecular weight excluding hydrogens is 205 g/mol. The number of terminal acetylenes is 1. The highest BCUT2D eigenvalue weighted by Gasteiger charge is 2.32. The maximum atomic E-state index is 12.3. The second-order valence-corrected chi connectivity index (χ2v) is 2.94. The molecule has 0 bridgehead atoms. The standard InChI is InChI=1S/C10H9F3N2/c1-3-7(2)14-9-6-4-5-8(15-9)10(11,12)13/h1,4-7H,2H3,(H,14,15). The molecule has 2 nitrogen and oxygen atoms in total. The summed E-state index contributed by atoms with van der Waals surface area (Å²) in [4.78, 5) is 3.40. The number of aromatic nitrogens is 1. The molecule has 0 aromatic carbocycles. The van der Waals surface area contributed by atoms with Gasteiger partial charge in [-0.1, -0.05) is 12.0 Å². The van der Waals surface area contributed by atoms with Crippen molar-refractivity contribution >= 4 is 5.82 Å². The van der Waals surface area contributed by atoms with Gasteiger partial charge in [-0.05, 0) is 19.1 Å². The summed E-state index contributed by atoms with van der Waals surface area (Å²) in [6.07, 6.45) is 0.648. The van der Waals surface area contributed by atoms with Crippen molar-refractivity contribution in [2.24, 2.45) is 0 Å². The molecule has 5 heteroatoms. The van der Waals surface area contributed by atoms with Gasteiger partial charge < -0.3 is 5.32 Å². The van der Waals surface area contributed by atoms with Gasteiger partial charge in [0.15, 0.2) is 0 Å². The molecule has 1 unspecified atom stereocenters. The zero-order chi connectivity index (χ0) is 11.5. The van der Waals surface area contributed by atoms with Gasteiger partial charge in [-0.3, -0.25) is 0 Å². The fraction of sp³-hybridized carbons (Fsp3) is 0.300. The molecule has 1 N–H and O–H groups in total. The van der Waals surface area contributed by atoms with Crippen LogP contribution in [0, 0.1) is 12.3 Å². The summed E-state index contributed by atoms with van der Waals surface area (Å²) in [6.45, 7) is 1.65. The van der Waals surface area contributed by atoms with E-state index in [-0.39, 0.29) is 11.9 Å². The maximum absolute atomic E-state index is 12.3. The van der Waals surface area contributed by atoms with E-state index in [0.717, 1.165) is 6.07 Å². The first kappa shape index (κ1) is 11.4. The lowest BCUT2D eigenvalue weighted by atomic mass is 10.3. The van der Waals surface area contributed by atoms with Gasteiger partial charge >= 0.3 is 6.18 Å². The summed E-state index contributed by atoms with van der Waals surface area (Å²) in [6, 6.07) is 3.26. The molecule has 0 aliphatic rings. The minimum atomic E-state index is -4.43. The van der Waals surface area contributed by atoms with Crippen molar-refractivity contribution in [3.05, 3.63) is 23.9 Å². The van der Waals surface area contributed by atoms with Gasteiger partial charge in [0.2, 0.25) is 0 Å². The highest BCUT2D eigenvalue weighted by molar-refractivity contribution is 5.38. The first-order valence-electron chi connectivity index (χ1n) is 4.20. The molecule has 0 spiro atoms. The van der Waals surface area contributed by atoms with Crippen LogP contribution in [-0.4, -0.2) is 11.0 Å². The quantitative estimate of drug-likeness (QED) is 0.765. The Morgan fingerprint density at radius 1 is 1.47 bits per heavy atom. The summed E-state index contributed by atoms with van der Waals surface area (Å²) in [5.41, 5.74) is -0.934. The number of halogens is 3. The Hall–Kier alpha value is -1.70. The summed E-state index contributed by atoms with van der Waals surface area (Å²) in [7, 11) is 0. The third-order valence-electron chi connectivity index (χ3n) is 1.65. The van der Waals surface area contributed by atoms with Crippen LogP contribution in [-0.2, 0) is 6.18 Å². The Balaban J connectivity index is 2.90. The lowest BCUT2D eigenvalue weighted by molar-refractivity contribution is -0.141. The van der Waals surface area contributed by atoms with Gasteiger partial charge in [-0.15, -0.1) is 6.42 Å². The van der Waals surface area contributed by atoms with Gasteiger partial charge in [0.25, 0.3) is 0 Å². The van der Waals surface area contributed by atoms with Crippen molar-refractivity contribution in [3.63, 3.8) is 0 Å². The van der Waals surface area contributed by atoms with Crippen molar-refractivity contribution in [1.82, 2.24) is 4.98 Å². The van der Waals surface area contributed by atoms with E-state index in [9.17, 15) is 13.2 Å². The summed E-state index contributed by atoms with van der Waals surface area (Å²) < 4.78 is 36.8. The van der Waals surface area contributed by atoms with Gasteiger partial charge in [0.1, 0.15) is 11.5 Å². The van der Waals surface area contributed by atoms with E-state index < -0.39 is 11.9 Å². The van der Waals surface area contributed by atoms with Crippen molar-refractivity contribution in [3.8, 4) is 12.3 Å². The van der Waals surface area contributed by atoms with E-state index in [0.29, 0.717) is 0 Å². The predicted octanol–water partition coefficient (Wildman–Crippen LogP) is 2.53. The van der Waals surface area contributed by atoms with Crippen molar-refractivity contribution < 1.29 is 13.2 Å². The Morgan fingerprint density at radius 2 is 2.13 bits per heavy atom. The number of nitrogens with zero attached hydrogens (tertiary/aromatic N) is 1. The number of rotatable bonds is 2. The normalized spacial score (nSPS) is 13.0. The average Bonchev–Trinajstić information content (AvgIpc) is 2.17. The first-order valence-corrected chi connectivity index (χ1v) is 4.20. The molecule has 0 aliphatic heterocycles. The van der Waals surface area contributed by atoms with Crippen LogP contribution >= 0.6 is 0 Å². The second kappa shape index (κ2) is 4.22. The van der Waals surface area contributed by atoms with Crippen LogP contribution in [0.4, 0.5) is 19.0 Å². The molecule has 0 saturated heterocycles. The van der Waals surface area contributed by atoms with Crippen molar-refractivity contribution in [2.45, 2.75) is 19.1 Å². The highest BCUT2D eigenvalue weighted by atomic mass is 19.4.